The van der Waals surface area contributed by atoms with Crippen LogP contribution < -0.4 is 5.32 Å². The minimum Gasteiger partial charge on any atom is -0.342 e. The molecule has 100 valence electrons. The van der Waals surface area contributed by atoms with Gasteiger partial charge in [0.05, 0.1) is 0 Å². The van der Waals surface area contributed by atoms with E-state index in [4.69, 9.17) is 0 Å². The molecule has 1 rings (SSSR count). The lowest BCUT2D eigenvalue weighted by molar-refractivity contribution is -0.134. The van der Waals surface area contributed by atoms with Crippen LogP contribution in [0.1, 0.15) is 40.0 Å². The van der Waals surface area contributed by atoms with Crippen molar-refractivity contribution in [2.45, 2.75) is 40.0 Å². The molecule has 0 aromatic carbocycles. The maximum Gasteiger partial charge on any atom is 0.226 e. The van der Waals surface area contributed by atoms with E-state index >= 15 is 0 Å². The van der Waals surface area contributed by atoms with Crippen LogP contribution in [0.4, 0.5) is 0 Å². The second kappa shape index (κ2) is 7.00. The summed E-state index contributed by atoms with van der Waals surface area (Å²) < 4.78 is 0. The van der Waals surface area contributed by atoms with Crippen molar-refractivity contribution in [2.24, 2.45) is 17.8 Å². The first-order valence-corrected chi connectivity index (χ1v) is 6.99. The smallest absolute Gasteiger partial charge is 0.226 e. The summed E-state index contributed by atoms with van der Waals surface area (Å²) in [4.78, 5) is 14.3. The SMILES string of the molecule is CNCC(C)C(=O)N1CCCC(C(C)C)CC1. The van der Waals surface area contributed by atoms with Gasteiger partial charge in [-0.2, -0.15) is 0 Å². The van der Waals surface area contributed by atoms with E-state index in [0.29, 0.717) is 5.91 Å². The Hall–Kier alpha value is -0.570. The van der Waals surface area contributed by atoms with Crippen molar-refractivity contribution in [1.29, 1.82) is 0 Å². The molecule has 2 unspecified atom stereocenters. The Balaban J connectivity index is 2.48. The molecule has 1 heterocycles. The van der Waals surface area contributed by atoms with E-state index in [2.05, 4.69) is 24.1 Å². The third kappa shape index (κ3) is 4.30. The Morgan fingerprint density at radius 1 is 1.29 bits per heavy atom. The van der Waals surface area contributed by atoms with E-state index < -0.39 is 0 Å². The zero-order chi connectivity index (χ0) is 12.8. The van der Waals surface area contributed by atoms with Gasteiger partial charge in [0.25, 0.3) is 0 Å². The third-order valence-electron chi connectivity index (χ3n) is 3.96. The molecule has 1 N–H and O–H groups in total. The monoisotopic (exact) mass is 240 g/mol. The molecule has 1 aliphatic rings. The fourth-order valence-electron chi connectivity index (χ4n) is 2.71. The van der Waals surface area contributed by atoms with Gasteiger partial charge in [-0.1, -0.05) is 20.8 Å². The molecule has 0 saturated carbocycles. The molecular formula is C14H28N2O. The summed E-state index contributed by atoms with van der Waals surface area (Å²) in [7, 11) is 1.90. The maximum atomic E-state index is 12.2. The van der Waals surface area contributed by atoms with Crippen LogP contribution in [0.25, 0.3) is 0 Å². The zero-order valence-electron chi connectivity index (χ0n) is 11.8. The van der Waals surface area contributed by atoms with E-state index in [1.165, 1.54) is 19.3 Å². The quantitative estimate of drug-likeness (QED) is 0.816. The van der Waals surface area contributed by atoms with Crippen LogP contribution in [0.15, 0.2) is 0 Å². The van der Waals surface area contributed by atoms with Crippen molar-refractivity contribution in [3.63, 3.8) is 0 Å². The van der Waals surface area contributed by atoms with E-state index in [9.17, 15) is 4.79 Å². The van der Waals surface area contributed by atoms with Crippen molar-refractivity contribution in [3.05, 3.63) is 0 Å². The molecule has 0 spiro atoms. The Labute approximate surface area is 106 Å². The van der Waals surface area contributed by atoms with Gasteiger partial charge >= 0.3 is 0 Å². The molecule has 3 nitrogen and oxygen atoms in total. The highest BCUT2D eigenvalue weighted by molar-refractivity contribution is 5.78. The predicted octanol–water partition coefficient (Wildman–Crippen LogP) is 2.13. The molecule has 0 aromatic heterocycles. The van der Waals surface area contributed by atoms with Crippen molar-refractivity contribution in [2.75, 3.05) is 26.7 Å². The topological polar surface area (TPSA) is 32.3 Å². The molecule has 1 amide bonds. The summed E-state index contributed by atoms with van der Waals surface area (Å²) in [6, 6.07) is 0. The van der Waals surface area contributed by atoms with Crippen LogP contribution in [0.5, 0.6) is 0 Å². The van der Waals surface area contributed by atoms with Crippen molar-refractivity contribution in [1.82, 2.24) is 10.2 Å². The van der Waals surface area contributed by atoms with Gasteiger partial charge < -0.3 is 10.2 Å². The van der Waals surface area contributed by atoms with Crippen molar-refractivity contribution in [3.8, 4) is 0 Å². The van der Waals surface area contributed by atoms with Crippen LogP contribution in [0.2, 0.25) is 0 Å². The van der Waals surface area contributed by atoms with Crippen LogP contribution in [-0.4, -0.2) is 37.5 Å². The third-order valence-corrected chi connectivity index (χ3v) is 3.96. The van der Waals surface area contributed by atoms with Crippen LogP contribution >= 0.6 is 0 Å². The molecule has 1 saturated heterocycles. The first kappa shape index (κ1) is 14.5. The molecular weight excluding hydrogens is 212 g/mol. The molecule has 1 fully saturated rings. The fourth-order valence-corrected chi connectivity index (χ4v) is 2.71. The minimum atomic E-state index is 0.107. The van der Waals surface area contributed by atoms with Gasteiger partial charge in [0.1, 0.15) is 0 Å². The van der Waals surface area contributed by atoms with Crippen LogP contribution in [0.3, 0.4) is 0 Å². The standard InChI is InChI=1S/C14H28N2O/c1-11(2)13-6-5-8-16(9-7-13)14(17)12(3)10-15-4/h11-13,15H,5-10H2,1-4H3. The Morgan fingerprint density at radius 3 is 2.59 bits per heavy atom. The summed E-state index contributed by atoms with van der Waals surface area (Å²) in [5.41, 5.74) is 0. The lowest BCUT2D eigenvalue weighted by Crippen LogP contribution is -2.39. The normalized spacial score (nSPS) is 23.6. The zero-order valence-corrected chi connectivity index (χ0v) is 11.8. The fraction of sp³-hybridized carbons (Fsp3) is 0.929. The van der Waals surface area contributed by atoms with E-state index in [1.54, 1.807) is 0 Å². The number of rotatable bonds is 4. The average molecular weight is 240 g/mol. The highest BCUT2D eigenvalue weighted by Gasteiger charge is 2.24. The Morgan fingerprint density at radius 2 is 2.00 bits per heavy atom. The Kier molecular flexibility index (Phi) is 5.96. The minimum absolute atomic E-state index is 0.107. The van der Waals surface area contributed by atoms with E-state index in [0.717, 1.165) is 31.5 Å². The largest absolute Gasteiger partial charge is 0.342 e. The highest BCUT2D eigenvalue weighted by Crippen LogP contribution is 2.25. The first-order chi connectivity index (χ1) is 8.06. The molecule has 0 aromatic rings. The average Bonchev–Trinajstić information content (AvgIpc) is 2.53. The number of nitrogens with one attached hydrogen (secondary N) is 1. The van der Waals surface area contributed by atoms with Gasteiger partial charge in [-0.3, -0.25) is 4.79 Å². The second-order valence-electron chi connectivity index (χ2n) is 5.72. The highest BCUT2D eigenvalue weighted by atomic mass is 16.2. The summed E-state index contributed by atoms with van der Waals surface area (Å²) in [5.74, 6) is 1.98. The number of nitrogens with zero attached hydrogens (tertiary/aromatic N) is 1. The number of hydrogen-bond donors (Lipinski definition) is 1. The molecule has 2 atom stereocenters. The van der Waals surface area contributed by atoms with Crippen LogP contribution in [0, 0.1) is 17.8 Å². The predicted molar refractivity (Wildman–Crippen MR) is 71.8 cm³/mol. The van der Waals surface area contributed by atoms with Gasteiger partial charge in [0, 0.05) is 25.6 Å². The van der Waals surface area contributed by atoms with Gasteiger partial charge in [-0.05, 0) is 38.1 Å². The van der Waals surface area contributed by atoms with Gasteiger partial charge in [-0.25, -0.2) is 0 Å². The lowest BCUT2D eigenvalue weighted by Gasteiger charge is -2.24. The lowest BCUT2D eigenvalue weighted by atomic mass is 9.89. The van der Waals surface area contributed by atoms with Crippen molar-refractivity contribution >= 4 is 5.91 Å². The molecule has 3 heteroatoms. The second-order valence-corrected chi connectivity index (χ2v) is 5.72. The van der Waals surface area contributed by atoms with Gasteiger partial charge in [-0.15, -0.1) is 0 Å². The molecule has 0 bridgehead atoms. The van der Waals surface area contributed by atoms with Gasteiger partial charge in [0.15, 0.2) is 0 Å². The number of likely N-dealkylation sites (tertiary alicyclic amines) is 1. The number of carbonyl (C=O) groups excluding carboxylic acids is 1. The number of amides is 1. The molecule has 0 aliphatic carbocycles. The van der Waals surface area contributed by atoms with Crippen molar-refractivity contribution < 1.29 is 4.79 Å². The maximum absolute atomic E-state index is 12.2. The van der Waals surface area contributed by atoms with E-state index in [-0.39, 0.29) is 5.92 Å². The Bertz CT molecular complexity index is 240. The first-order valence-electron chi connectivity index (χ1n) is 6.99. The molecule has 0 radical (unpaired) electrons. The molecule has 17 heavy (non-hydrogen) atoms. The summed E-state index contributed by atoms with van der Waals surface area (Å²) in [6.07, 6.45) is 3.62. The van der Waals surface area contributed by atoms with Crippen LogP contribution in [-0.2, 0) is 4.79 Å². The van der Waals surface area contributed by atoms with E-state index in [1.807, 2.05) is 14.0 Å². The number of carbonyl (C=O) groups is 1. The summed E-state index contributed by atoms with van der Waals surface area (Å²) >= 11 is 0. The summed E-state index contributed by atoms with van der Waals surface area (Å²) in [5, 5.41) is 3.08. The van der Waals surface area contributed by atoms with Gasteiger partial charge in [0.2, 0.25) is 5.91 Å². The summed E-state index contributed by atoms with van der Waals surface area (Å²) in [6.45, 7) is 9.30. The molecule has 1 aliphatic heterocycles. The number of hydrogen-bond acceptors (Lipinski definition) is 2.